The molecule has 0 bridgehead atoms. The molecule has 0 radical (unpaired) electrons. The molecule has 0 spiro atoms. The van der Waals surface area contributed by atoms with Crippen LogP contribution in [0.1, 0.15) is 5.82 Å². The maximum Gasteiger partial charge on any atom is 0.319 e. The smallest absolute Gasteiger partial charge is 0.319 e. The standard InChI is InChI=1S/C22H19N7O6S/c1-34-26-14(17-25-22(23)35-27-17)18(30)24-15-19(31)29-16(21(32)33)12(10-36-20(15)29)9-28-8-4-6-11-5-2-3-7-13(11)28/h2-8,15,20H,9-10H2,1H3,(H3-,23,24,25,27,30,32,33)/b26-14-/t15?,20-/m1/s1. The number of thioether (sulfide) groups is 1. The molecule has 2 atom stereocenters. The number of para-hydroxylation sites is 1. The molecule has 13 nitrogen and oxygen atoms in total. The van der Waals surface area contributed by atoms with Crippen LogP contribution in [0.4, 0.5) is 6.01 Å². The number of benzene rings is 1. The Morgan fingerprint density at radius 3 is 2.86 bits per heavy atom. The summed E-state index contributed by atoms with van der Waals surface area (Å²) in [5.41, 5.74) is 6.31. The van der Waals surface area contributed by atoms with E-state index in [-0.39, 0.29) is 29.8 Å². The van der Waals surface area contributed by atoms with Gasteiger partial charge in [-0.25, -0.2) is 0 Å². The summed E-state index contributed by atoms with van der Waals surface area (Å²) in [5, 5.41) is 22.1. The highest BCUT2D eigenvalue weighted by molar-refractivity contribution is 8.00. The fraction of sp³-hybridized carbons (Fsp3) is 0.227. The first-order valence-electron chi connectivity index (χ1n) is 10.7. The van der Waals surface area contributed by atoms with Crippen molar-refractivity contribution in [1.82, 2.24) is 20.4 Å². The van der Waals surface area contributed by atoms with E-state index >= 15 is 0 Å². The van der Waals surface area contributed by atoms with E-state index in [2.05, 4.69) is 30.0 Å². The van der Waals surface area contributed by atoms with Gasteiger partial charge >= 0.3 is 6.01 Å². The van der Waals surface area contributed by atoms with Crippen molar-refractivity contribution in [2.45, 2.75) is 18.0 Å². The van der Waals surface area contributed by atoms with Gasteiger partial charge in [-0.1, -0.05) is 22.4 Å². The summed E-state index contributed by atoms with van der Waals surface area (Å²) in [5.74, 6) is -2.77. The van der Waals surface area contributed by atoms with Gasteiger partial charge in [-0.15, -0.1) is 11.8 Å². The number of nitrogens with one attached hydrogen (secondary N) is 1. The number of hydrogen-bond donors (Lipinski definition) is 2. The quantitative estimate of drug-likeness (QED) is 0.165. The van der Waals surface area contributed by atoms with E-state index < -0.39 is 29.2 Å². The average Bonchev–Trinajstić information content (AvgIpc) is 3.31. The molecule has 1 aromatic carbocycles. The second kappa shape index (κ2) is 9.30. The summed E-state index contributed by atoms with van der Waals surface area (Å²) in [6.45, 7) is 0.259. The SMILES string of the molecule is CO/N=C(\C(=O)NC1C(=O)N2C(C(=O)[O-])=C(C[n+]3cccc4ccccc43)CS[C@H]12)c1noc(N)n1. The molecular weight excluding hydrogens is 490 g/mol. The third-order valence-corrected chi connectivity index (χ3v) is 7.07. The summed E-state index contributed by atoms with van der Waals surface area (Å²) >= 11 is 1.33. The molecule has 2 aliphatic heterocycles. The minimum absolute atomic E-state index is 0.189. The summed E-state index contributed by atoms with van der Waals surface area (Å²) in [4.78, 5) is 47.5. The number of aromatic nitrogens is 3. The van der Waals surface area contributed by atoms with E-state index in [0.29, 0.717) is 11.3 Å². The fourth-order valence-corrected chi connectivity index (χ4v) is 5.51. The number of carbonyl (C=O) groups excluding carboxylic acids is 3. The van der Waals surface area contributed by atoms with Crippen LogP contribution in [0.2, 0.25) is 0 Å². The van der Waals surface area contributed by atoms with Crippen LogP contribution in [-0.2, 0) is 25.8 Å². The number of hydrogen-bond acceptors (Lipinski definition) is 11. The average molecular weight is 510 g/mol. The number of pyridine rings is 1. The minimum atomic E-state index is -1.46. The molecular formula is C22H19N7O6S. The molecule has 14 heteroatoms. The van der Waals surface area contributed by atoms with Gasteiger partial charge in [0.1, 0.15) is 18.5 Å². The Morgan fingerprint density at radius 1 is 1.36 bits per heavy atom. The number of nitrogens with two attached hydrogens (primary N) is 1. The van der Waals surface area contributed by atoms with E-state index in [1.54, 1.807) is 0 Å². The number of rotatable bonds is 7. The lowest BCUT2D eigenvalue weighted by Gasteiger charge is -2.50. The fourth-order valence-electron chi connectivity index (χ4n) is 4.17. The summed E-state index contributed by atoms with van der Waals surface area (Å²) in [6.07, 6.45) is 1.85. The zero-order valence-corrected chi connectivity index (χ0v) is 19.6. The Bertz CT molecular complexity index is 1450. The topological polar surface area (TPSA) is 180 Å². The van der Waals surface area contributed by atoms with Gasteiger partial charge in [0.2, 0.25) is 17.1 Å². The number of oxime groups is 1. The van der Waals surface area contributed by atoms with Crippen molar-refractivity contribution in [3.8, 4) is 0 Å². The molecule has 2 aromatic heterocycles. The first-order chi connectivity index (χ1) is 17.4. The number of carboxylic acid groups (broad SMARTS) is 1. The van der Waals surface area contributed by atoms with Crippen LogP contribution in [0.3, 0.4) is 0 Å². The van der Waals surface area contributed by atoms with Crippen molar-refractivity contribution in [3.05, 3.63) is 59.7 Å². The number of carbonyl (C=O) groups is 3. The Morgan fingerprint density at radius 2 is 2.14 bits per heavy atom. The Kier molecular flexibility index (Phi) is 6.01. The van der Waals surface area contributed by atoms with E-state index in [4.69, 9.17) is 5.73 Å². The molecule has 5 rings (SSSR count). The van der Waals surface area contributed by atoms with Crippen LogP contribution in [0.25, 0.3) is 10.9 Å². The molecule has 4 heterocycles. The second-order valence-electron chi connectivity index (χ2n) is 7.87. The number of carboxylic acids is 1. The Hall–Kier alpha value is -4.46. The molecule has 2 amide bonds. The molecule has 3 aromatic rings. The number of aliphatic carboxylic acids is 1. The zero-order valence-electron chi connectivity index (χ0n) is 18.8. The van der Waals surface area contributed by atoms with Crippen molar-refractivity contribution in [2.75, 3.05) is 18.6 Å². The first kappa shape index (κ1) is 23.3. The second-order valence-corrected chi connectivity index (χ2v) is 8.98. The molecule has 1 unspecified atom stereocenters. The van der Waals surface area contributed by atoms with Gasteiger partial charge in [0.05, 0.1) is 11.7 Å². The van der Waals surface area contributed by atoms with Crippen LogP contribution in [0, 0.1) is 0 Å². The van der Waals surface area contributed by atoms with Crippen molar-refractivity contribution < 1.29 is 33.4 Å². The zero-order chi connectivity index (χ0) is 25.4. The maximum absolute atomic E-state index is 13.0. The van der Waals surface area contributed by atoms with E-state index in [9.17, 15) is 19.5 Å². The monoisotopic (exact) mass is 509 g/mol. The Labute approximate surface area is 207 Å². The van der Waals surface area contributed by atoms with E-state index in [0.717, 1.165) is 15.8 Å². The van der Waals surface area contributed by atoms with Gasteiger partial charge in [0.25, 0.3) is 11.8 Å². The van der Waals surface area contributed by atoms with E-state index in [1.807, 2.05) is 47.2 Å². The number of β-lactam (4-membered cyclic amide) rings is 1. The van der Waals surface area contributed by atoms with Crippen molar-refractivity contribution in [2.24, 2.45) is 5.16 Å². The third kappa shape index (κ3) is 4.00. The highest BCUT2D eigenvalue weighted by Gasteiger charge is 2.53. The minimum Gasteiger partial charge on any atom is -0.543 e. The highest BCUT2D eigenvalue weighted by atomic mass is 32.2. The van der Waals surface area contributed by atoms with Gasteiger partial charge in [-0.2, -0.15) is 9.55 Å². The number of nitrogen functional groups attached to an aromatic ring is 1. The van der Waals surface area contributed by atoms with E-state index in [1.165, 1.54) is 18.9 Å². The van der Waals surface area contributed by atoms with Crippen molar-refractivity contribution >= 4 is 52.2 Å². The molecule has 0 saturated carbocycles. The predicted octanol–water partition coefficient (Wildman–Crippen LogP) is -1.45. The van der Waals surface area contributed by atoms with Crippen LogP contribution < -0.4 is 20.7 Å². The largest absolute Gasteiger partial charge is 0.543 e. The maximum atomic E-state index is 13.0. The summed E-state index contributed by atoms with van der Waals surface area (Å²) < 4.78 is 6.58. The predicted molar refractivity (Wildman–Crippen MR) is 123 cm³/mol. The molecule has 184 valence electrons. The lowest BCUT2D eigenvalue weighted by atomic mass is 10.0. The van der Waals surface area contributed by atoms with Crippen molar-refractivity contribution in [1.29, 1.82) is 0 Å². The normalized spacial score (nSPS) is 19.6. The molecule has 36 heavy (non-hydrogen) atoms. The molecule has 2 aliphatic rings. The third-order valence-electron chi connectivity index (χ3n) is 5.73. The number of nitrogens with zero attached hydrogens (tertiary/aromatic N) is 5. The molecule has 1 saturated heterocycles. The van der Waals surface area contributed by atoms with Crippen LogP contribution in [0.15, 0.2) is 63.5 Å². The summed E-state index contributed by atoms with van der Waals surface area (Å²) in [6, 6.07) is 10.3. The Balaban J connectivity index is 1.38. The summed E-state index contributed by atoms with van der Waals surface area (Å²) in [7, 11) is 1.22. The van der Waals surface area contributed by atoms with Crippen LogP contribution >= 0.6 is 11.8 Å². The number of amides is 2. The van der Waals surface area contributed by atoms with Gasteiger partial charge in [-0.3, -0.25) is 14.5 Å². The first-order valence-corrected chi connectivity index (χ1v) is 11.7. The highest BCUT2D eigenvalue weighted by Crippen LogP contribution is 2.40. The van der Waals surface area contributed by atoms with Crippen molar-refractivity contribution in [3.63, 3.8) is 0 Å². The lowest BCUT2D eigenvalue weighted by molar-refractivity contribution is -0.663. The van der Waals surface area contributed by atoms with Crippen LogP contribution in [-0.4, -0.2) is 62.8 Å². The molecule has 0 aliphatic carbocycles. The van der Waals surface area contributed by atoms with Gasteiger partial charge < -0.3 is 30.3 Å². The number of anilines is 1. The van der Waals surface area contributed by atoms with Gasteiger partial charge in [0.15, 0.2) is 12.7 Å². The van der Waals surface area contributed by atoms with Gasteiger partial charge in [-0.05, 0) is 12.1 Å². The molecule has 3 N–H and O–H groups in total. The van der Waals surface area contributed by atoms with Gasteiger partial charge in [0, 0.05) is 28.8 Å². The van der Waals surface area contributed by atoms with Crippen LogP contribution in [0.5, 0.6) is 0 Å². The molecule has 1 fully saturated rings. The lowest BCUT2D eigenvalue weighted by Crippen LogP contribution is -2.71. The number of fused-ring (bicyclic) bond motifs is 2.